The molecule has 0 bridgehead atoms. The minimum Gasteiger partial charge on any atom is -0.484 e. The molecule has 19 heavy (non-hydrogen) atoms. The third-order valence-corrected chi connectivity index (χ3v) is 3.28. The summed E-state index contributed by atoms with van der Waals surface area (Å²) in [5, 5.41) is 0.820. The average molecular weight is 280 g/mol. The summed E-state index contributed by atoms with van der Waals surface area (Å²) < 4.78 is 27.0. The van der Waals surface area contributed by atoms with Crippen molar-refractivity contribution in [3.05, 3.63) is 24.7 Å². The number of aromatic nitrogens is 2. The summed E-state index contributed by atoms with van der Waals surface area (Å²) in [6, 6.07) is 3.52. The highest BCUT2D eigenvalue weighted by molar-refractivity contribution is 7.17. The van der Waals surface area contributed by atoms with Gasteiger partial charge in [0.05, 0.1) is 18.7 Å². The van der Waals surface area contributed by atoms with Crippen LogP contribution in [0.25, 0.3) is 10.9 Å². The Hall–Kier alpha value is -1.65. The summed E-state index contributed by atoms with van der Waals surface area (Å²) in [4.78, 5) is 8.12. The summed E-state index contributed by atoms with van der Waals surface area (Å²) in [7, 11) is -1.35. The molecule has 0 N–H and O–H groups in total. The quantitative estimate of drug-likeness (QED) is 0.796. The van der Waals surface area contributed by atoms with Gasteiger partial charge >= 0.3 is 0 Å². The van der Waals surface area contributed by atoms with E-state index in [0.29, 0.717) is 24.7 Å². The van der Waals surface area contributed by atoms with Crippen molar-refractivity contribution in [1.29, 1.82) is 0 Å². The number of hydrogen-bond donors (Lipinski definition) is 0. The number of nitrogens with zero attached hydrogens (tertiary/aromatic N) is 2. The van der Waals surface area contributed by atoms with Gasteiger partial charge in [-0.3, -0.25) is 4.57 Å². The van der Waals surface area contributed by atoms with Crippen molar-refractivity contribution in [2.75, 3.05) is 13.2 Å². The predicted molar refractivity (Wildman–Crippen MR) is 70.4 cm³/mol. The molecule has 0 aliphatic carbocycles. The van der Waals surface area contributed by atoms with Crippen LogP contribution < -0.4 is 9.26 Å². The molecule has 100 valence electrons. The Morgan fingerprint density at radius 1 is 1.37 bits per heavy atom. The number of benzene rings is 1. The van der Waals surface area contributed by atoms with Crippen molar-refractivity contribution in [3.63, 3.8) is 0 Å². The molecule has 2 unspecified atom stereocenters. The van der Waals surface area contributed by atoms with Crippen LogP contribution in [0.15, 0.2) is 24.7 Å². The van der Waals surface area contributed by atoms with Gasteiger partial charge in [-0.15, -0.1) is 0 Å². The second kappa shape index (κ2) is 5.55. The molecule has 6 nitrogen and oxygen atoms in total. The highest BCUT2D eigenvalue weighted by atomic mass is 31.1. The molecule has 0 saturated carbocycles. The topological polar surface area (TPSA) is 70.5 Å². The first kappa shape index (κ1) is 12.4. The van der Waals surface area contributed by atoms with E-state index in [1.807, 2.05) is 0 Å². The molecule has 1 aromatic heterocycles. The molecule has 1 aromatic carbocycles. The van der Waals surface area contributed by atoms with Gasteiger partial charge in [0.15, 0.2) is 11.5 Å². The Morgan fingerprint density at radius 3 is 3.11 bits per heavy atom. The maximum Gasteiger partial charge on any atom is 0.225 e. The molecule has 7 heteroatoms. The number of fused-ring (bicyclic) bond motifs is 1. The smallest absolute Gasteiger partial charge is 0.225 e. The normalized spacial score (nSPS) is 19.3. The van der Waals surface area contributed by atoms with Crippen LogP contribution in [0.1, 0.15) is 6.42 Å². The first-order chi connectivity index (χ1) is 9.36. The van der Waals surface area contributed by atoms with Gasteiger partial charge in [0.1, 0.15) is 12.4 Å². The Morgan fingerprint density at radius 2 is 2.32 bits per heavy atom. The maximum atomic E-state index is 10.8. The first-order valence-corrected chi connectivity index (χ1v) is 6.89. The summed E-state index contributed by atoms with van der Waals surface area (Å²) in [6.45, 7) is 1.26. The van der Waals surface area contributed by atoms with Gasteiger partial charge in [0.2, 0.25) is 8.69 Å². The first-order valence-electron chi connectivity index (χ1n) is 5.95. The Labute approximate surface area is 111 Å². The van der Waals surface area contributed by atoms with Crippen LogP contribution in [0.5, 0.6) is 11.5 Å². The van der Waals surface area contributed by atoms with Gasteiger partial charge < -0.3 is 14.0 Å². The van der Waals surface area contributed by atoms with Crippen molar-refractivity contribution in [2.45, 2.75) is 12.5 Å². The standard InChI is InChI=1S/C12H13N2O4P/c15-19-18-12-3-8-5-13-7-14-10(8)4-11(12)17-9-1-2-16-6-9/h3-5,7,9H,1-2,6,19H2. The number of ether oxygens (including phenoxy) is 2. The second-order valence-electron chi connectivity index (χ2n) is 4.20. The molecule has 1 saturated heterocycles. The Kier molecular flexibility index (Phi) is 3.62. The van der Waals surface area contributed by atoms with Crippen molar-refractivity contribution >= 4 is 19.6 Å². The average Bonchev–Trinajstić information content (AvgIpc) is 2.93. The monoisotopic (exact) mass is 280 g/mol. The maximum absolute atomic E-state index is 10.8. The van der Waals surface area contributed by atoms with Crippen molar-refractivity contribution in [1.82, 2.24) is 9.97 Å². The van der Waals surface area contributed by atoms with Crippen molar-refractivity contribution in [3.8, 4) is 11.5 Å². The van der Waals surface area contributed by atoms with Crippen LogP contribution in [0, 0.1) is 0 Å². The van der Waals surface area contributed by atoms with Crippen LogP contribution in [0.4, 0.5) is 0 Å². The molecule has 1 aliphatic rings. The van der Waals surface area contributed by atoms with E-state index in [-0.39, 0.29) is 6.10 Å². The molecule has 1 aliphatic heterocycles. The zero-order valence-corrected chi connectivity index (χ0v) is 11.3. The van der Waals surface area contributed by atoms with Gasteiger partial charge in [0, 0.05) is 24.1 Å². The van der Waals surface area contributed by atoms with Crippen LogP contribution in [0.2, 0.25) is 0 Å². The van der Waals surface area contributed by atoms with E-state index in [4.69, 9.17) is 14.0 Å². The molecular weight excluding hydrogens is 267 g/mol. The minimum atomic E-state index is -1.35. The fourth-order valence-electron chi connectivity index (χ4n) is 2.01. The largest absolute Gasteiger partial charge is 0.484 e. The van der Waals surface area contributed by atoms with Gasteiger partial charge in [-0.05, 0) is 6.07 Å². The molecule has 0 radical (unpaired) electrons. The molecule has 3 rings (SSSR count). The van der Waals surface area contributed by atoms with Gasteiger partial charge in [-0.1, -0.05) is 0 Å². The Balaban J connectivity index is 1.98. The van der Waals surface area contributed by atoms with Gasteiger partial charge in [-0.25, -0.2) is 9.97 Å². The lowest BCUT2D eigenvalue weighted by Gasteiger charge is -2.15. The number of rotatable bonds is 4. The van der Waals surface area contributed by atoms with Gasteiger partial charge in [0.25, 0.3) is 0 Å². The number of hydrogen-bond acceptors (Lipinski definition) is 6. The fraction of sp³-hybridized carbons (Fsp3) is 0.333. The molecule has 1 fully saturated rings. The highest BCUT2D eigenvalue weighted by Gasteiger charge is 2.19. The van der Waals surface area contributed by atoms with E-state index in [9.17, 15) is 4.57 Å². The zero-order valence-electron chi connectivity index (χ0n) is 10.1. The van der Waals surface area contributed by atoms with Gasteiger partial charge in [-0.2, -0.15) is 0 Å². The summed E-state index contributed by atoms with van der Waals surface area (Å²) in [5.41, 5.74) is 0.761. The molecular formula is C12H13N2O4P. The van der Waals surface area contributed by atoms with E-state index < -0.39 is 8.69 Å². The molecule has 2 atom stereocenters. The van der Waals surface area contributed by atoms with Crippen molar-refractivity contribution < 1.29 is 18.6 Å². The summed E-state index contributed by atoms with van der Waals surface area (Å²) >= 11 is 0. The zero-order chi connectivity index (χ0) is 13.1. The third kappa shape index (κ3) is 2.69. The third-order valence-electron chi connectivity index (χ3n) is 2.93. The van der Waals surface area contributed by atoms with E-state index >= 15 is 0 Å². The lowest BCUT2D eigenvalue weighted by Crippen LogP contribution is -2.16. The molecule has 0 spiro atoms. The molecule has 0 amide bonds. The van der Waals surface area contributed by atoms with Crippen LogP contribution >= 0.6 is 8.69 Å². The van der Waals surface area contributed by atoms with E-state index in [1.54, 1.807) is 18.3 Å². The Bertz CT molecular complexity index is 601. The SMILES string of the molecule is O=[PH2]Oc1cc2cncnc2cc1OC1CCOC1. The predicted octanol–water partition coefficient (Wildman–Crippen LogP) is 1.85. The van der Waals surface area contributed by atoms with Crippen molar-refractivity contribution in [2.24, 2.45) is 0 Å². The summed E-state index contributed by atoms with van der Waals surface area (Å²) in [5.74, 6) is 1.00. The highest BCUT2D eigenvalue weighted by Crippen LogP contribution is 2.34. The van der Waals surface area contributed by atoms with E-state index in [0.717, 1.165) is 17.3 Å². The minimum absolute atomic E-state index is 0.00305. The van der Waals surface area contributed by atoms with Crippen LogP contribution in [-0.2, 0) is 9.30 Å². The van der Waals surface area contributed by atoms with E-state index in [2.05, 4.69) is 9.97 Å². The fourth-order valence-corrected chi connectivity index (χ4v) is 2.30. The van der Waals surface area contributed by atoms with E-state index in [1.165, 1.54) is 6.33 Å². The van der Waals surface area contributed by atoms with Crippen LogP contribution in [0.3, 0.4) is 0 Å². The van der Waals surface area contributed by atoms with Crippen LogP contribution in [-0.4, -0.2) is 29.3 Å². The second-order valence-corrected chi connectivity index (χ2v) is 4.63. The summed E-state index contributed by atoms with van der Waals surface area (Å²) in [6.07, 6.45) is 4.00. The molecule has 2 aromatic rings. The molecule has 2 heterocycles. The lowest BCUT2D eigenvalue weighted by molar-refractivity contribution is 0.140. The lowest BCUT2D eigenvalue weighted by atomic mass is 10.2.